The first kappa shape index (κ1) is 14.0. The van der Waals surface area contributed by atoms with Crippen molar-refractivity contribution in [2.45, 2.75) is 18.7 Å². The van der Waals surface area contributed by atoms with Gasteiger partial charge < -0.3 is 0 Å². The topological polar surface area (TPSA) is 82.8 Å². The minimum atomic E-state index is -3.73. The van der Waals surface area contributed by atoms with Crippen molar-refractivity contribution < 1.29 is 8.42 Å². The Morgan fingerprint density at radius 2 is 1.95 bits per heavy atom. The van der Waals surface area contributed by atoms with E-state index in [1.165, 1.54) is 12.3 Å². The Morgan fingerprint density at radius 3 is 2.60 bits per heavy atom. The number of rotatable bonds is 3. The van der Waals surface area contributed by atoms with E-state index < -0.39 is 10.0 Å². The van der Waals surface area contributed by atoms with E-state index in [-0.39, 0.29) is 4.90 Å². The van der Waals surface area contributed by atoms with Crippen LogP contribution in [0.4, 0.5) is 5.69 Å². The van der Waals surface area contributed by atoms with Crippen molar-refractivity contribution in [3.63, 3.8) is 0 Å². The molecule has 0 bridgehead atoms. The Bertz CT molecular complexity index is 792. The fourth-order valence-electron chi connectivity index (χ4n) is 1.78. The van der Waals surface area contributed by atoms with Crippen LogP contribution in [0.2, 0.25) is 0 Å². The monoisotopic (exact) mass is 287 g/mol. The van der Waals surface area contributed by atoms with E-state index in [2.05, 4.69) is 9.71 Å². The highest BCUT2D eigenvalue weighted by Gasteiger charge is 2.17. The number of aryl methyl sites for hydroxylation is 2. The standard InChI is InChI=1S/C14H13N3O2S/c1-10-5-13(9-16-8-10)17-20(18,19)14-6-12(7-15)4-3-11(14)2/h3-6,8-9,17H,1-2H3. The van der Waals surface area contributed by atoms with E-state index in [1.807, 2.05) is 13.0 Å². The summed E-state index contributed by atoms with van der Waals surface area (Å²) < 4.78 is 27.2. The first-order valence-electron chi connectivity index (χ1n) is 5.87. The van der Waals surface area contributed by atoms with Gasteiger partial charge in [-0.05, 0) is 43.2 Å². The molecule has 1 aromatic heterocycles. The lowest BCUT2D eigenvalue weighted by Crippen LogP contribution is -2.14. The molecule has 0 spiro atoms. The van der Waals surface area contributed by atoms with Gasteiger partial charge in [0.1, 0.15) is 0 Å². The first-order chi connectivity index (χ1) is 9.42. The molecule has 0 aliphatic rings. The largest absolute Gasteiger partial charge is 0.278 e. The molecular formula is C14H13N3O2S. The molecule has 1 N–H and O–H groups in total. The molecule has 0 unspecified atom stereocenters. The maximum Gasteiger partial charge on any atom is 0.262 e. The quantitative estimate of drug-likeness (QED) is 0.939. The van der Waals surface area contributed by atoms with Crippen molar-refractivity contribution in [3.8, 4) is 6.07 Å². The Kier molecular flexibility index (Phi) is 3.72. The second kappa shape index (κ2) is 5.31. The van der Waals surface area contributed by atoms with Crippen molar-refractivity contribution in [2.24, 2.45) is 0 Å². The van der Waals surface area contributed by atoms with Crippen LogP contribution in [-0.4, -0.2) is 13.4 Å². The molecular weight excluding hydrogens is 274 g/mol. The number of nitrogens with one attached hydrogen (secondary N) is 1. The molecule has 1 heterocycles. The number of aromatic nitrogens is 1. The maximum absolute atomic E-state index is 12.4. The summed E-state index contributed by atoms with van der Waals surface area (Å²) in [5, 5.41) is 8.87. The average Bonchev–Trinajstić information content (AvgIpc) is 2.38. The van der Waals surface area contributed by atoms with Crippen molar-refractivity contribution in [3.05, 3.63) is 53.3 Å². The van der Waals surface area contributed by atoms with Crippen molar-refractivity contribution >= 4 is 15.7 Å². The van der Waals surface area contributed by atoms with Gasteiger partial charge in [0.15, 0.2) is 0 Å². The van der Waals surface area contributed by atoms with Crippen LogP contribution in [-0.2, 0) is 10.0 Å². The van der Waals surface area contributed by atoms with E-state index in [9.17, 15) is 8.42 Å². The van der Waals surface area contributed by atoms with Gasteiger partial charge in [-0.15, -0.1) is 0 Å². The van der Waals surface area contributed by atoms with E-state index in [4.69, 9.17) is 5.26 Å². The zero-order valence-electron chi connectivity index (χ0n) is 11.1. The molecule has 102 valence electrons. The second-order valence-electron chi connectivity index (χ2n) is 4.45. The average molecular weight is 287 g/mol. The molecule has 0 radical (unpaired) electrons. The van der Waals surface area contributed by atoms with Crippen molar-refractivity contribution in [1.82, 2.24) is 4.98 Å². The van der Waals surface area contributed by atoms with Crippen LogP contribution in [0.25, 0.3) is 0 Å². The zero-order chi connectivity index (χ0) is 14.8. The molecule has 0 atom stereocenters. The van der Waals surface area contributed by atoms with Crippen LogP contribution in [0.15, 0.2) is 41.6 Å². The van der Waals surface area contributed by atoms with Crippen LogP contribution in [0.1, 0.15) is 16.7 Å². The molecule has 0 saturated carbocycles. The number of sulfonamides is 1. The molecule has 0 aliphatic heterocycles. The normalized spacial score (nSPS) is 10.8. The number of hydrogen-bond donors (Lipinski definition) is 1. The van der Waals surface area contributed by atoms with Crippen LogP contribution in [0.5, 0.6) is 0 Å². The molecule has 0 fully saturated rings. The van der Waals surface area contributed by atoms with Crippen LogP contribution in [0, 0.1) is 25.2 Å². The minimum absolute atomic E-state index is 0.0954. The van der Waals surface area contributed by atoms with Crippen LogP contribution >= 0.6 is 0 Å². The molecule has 20 heavy (non-hydrogen) atoms. The molecule has 5 nitrogen and oxygen atoms in total. The van der Waals surface area contributed by atoms with Gasteiger partial charge in [0.05, 0.1) is 28.4 Å². The minimum Gasteiger partial charge on any atom is -0.278 e. The highest BCUT2D eigenvalue weighted by molar-refractivity contribution is 7.92. The lowest BCUT2D eigenvalue weighted by atomic mass is 10.2. The van der Waals surface area contributed by atoms with Crippen LogP contribution < -0.4 is 4.72 Å². The molecule has 0 aliphatic carbocycles. The van der Waals surface area contributed by atoms with Gasteiger partial charge in [0, 0.05) is 6.20 Å². The summed E-state index contributed by atoms with van der Waals surface area (Å²) in [4.78, 5) is 4.03. The van der Waals surface area contributed by atoms with E-state index in [0.29, 0.717) is 16.8 Å². The third-order valence-electron chi connectivity index (χ3n) is 2.73. The second-order valence-corrected chi connectivity index (χ2v) is 6.10. The fourth-order valence-corrected chi connectivity index (χ4v) is 3.09. The van der Waals surface area contributed by atoms with Gasteiger partial charge in [0.2, 0.25) is 0 Å². The Labute approximate surface area is 118 Å². The van der Waals surface area contributed by atoms with Gasteiger partial charge in [-0.2, -0.15) is 5.26 Å². The maximum atomic E-state index is 12.4. The summed E-state index contributed by atoms with van der Waals surface area (Å²) in [6.07, 6.45) is 3.08. The number of nitrogens with zero attached hydrogens (tertiary/aromatic N) is 2. The number of hydrogen-bond acceptors (Lipinski definition) is 4. The molecule has 2 aromatic rings. The highest BCUT2D eigenvalue weighted by atomic mass is 32.2. The SMILES string of the molecule is Cc1cncc(NS(=O)(=O)c2cc(C#N)ccc2C)c1. The fraction of sp³-hybridized carbons (Fsp3) is 0.143. The van der Waals surface area contributed by atoms with Gasteiger partial charge >= 0.3 is 0 Å². The summed E-state index contributed by atoms with van der Waals surface area (Å²) in [6.45, 7) is 3.51. The smallest absolute Gasteiger partial charge is 0.262 e. The van der Waals surface area contributed by atoms with E-state index in [1.54, 1.807) is 31.3 Å². The van der Waals surface area contributed by atoms with Gasteiger partial charge in [-0.25, -0.2) is 8.42 Å². The summed E-state index contributed by atoms with van der Waals surface area (Å²) >= 11 is 0. The van der Waals surface area contributed by atoms with Crippen molar-refractivity contribution in [1.29, 1.82) is 5.26 Å². The summed E-state index contributed by atoms with van der Waals surface area (Å²) in [6, 6.07) is 8.18. The summed E-state index contributed by atoms with van der Waals surface area (Å²) in [5.41, 5.74) is 2.13. The predicted octanol–water partition coefficient (Wildman–Crippen LogP) is 2.37. The molecule has 0 amide bonds. The third-order valence-corrected chi connectivity index (χ3v) is 4.26. The Morgan fingerprint density at radius 1 is 1.20 bits per heavy atom. The van der Waals surface area contributed by atoms with Crippen LogP contribution in [0.3, 0.4) is 0 Å². The van der Waals surface area contributed by atoms with Gasteiger partial charge in [-0.3, -0.25) is 9.71 Å². The van der Waals surface area contributed by atoms with Gasteiger partial charge in [0.25, 0.3) is 10.0 Å². The Balaban J connectivity index is 2.43. The number of anilines is 1. The van der Waals surface area contributed by atoms with Crippen molar-refractivity contribution in [2.75, 3.05) is 4.72 Å². The molecule has 2 rings (SSSR count). The zero-order valence-corrected chi connectivity index (χ0v) is 11.9. The molecule has 1 aromatic carbocycles. The van der Waals surface area contributed by atoms with E-state index in [0.717, 1.165) is 5.56 Å². The molecule has 6 heteroatoms. The Hall–Kier alpha value is -2.39. The molecule has 0 saturated heterocycles. The number of nitriles is 1. The first-order valence-corrected chi connectivity index (χ1v) is 7.36. The highest BCUT2D eigenvalue weighted by Crippen LogP contribution is 2.20. The third kappa shape index (κ3) is 2.95. The predicted molar refractivity (Wildman–Crippen MR) is 75.7 cm³/mol. The lowest BCUT2D eigenvalue weighted by molar-refractivity contribution is 0.600. The number of pyridine rings is 1. The summed E-state index contributed by atoms with van der Waals surface area (Å²) in [5.74, 6) is 0. The van der Waals surface area contributed by atoms with Gasteiger partial charge in [-0.1, -0.05) is 6.07 Å². The number of benzene rings is 1. The lowest BCUT2D eigenvalue weighted by Gasteiger charge is -2.10. The van der Waals surface area contributed by atoms with E-state index >= 15 is 0 Å². The summed E-state index contributed by atoms with van der Waals surface area (Å²) in [7, 11) is -3.73.